The Labute approximate surface area is 122 Å². The molecule has 0 unspecified atom stereocenters. The Morgan fingerprint density at radius 3 is 2.62 bits per heavy atom. The van der Waals surface area contributed by atoms with Gasteiger partial charge in [-0.2, -0.15) is 0 Å². The third kappa shape index (κ3) is 3.93. The highest BCUT2D eigenvalue weighted by atomic mass is 16.5. The van der Waals surface area contributed by atoms with E-state index < -0.39 is 11.9 Å². The molecule has 0 aromatic heterocycles. The van der Waals surface area contributed by atoms with Crippen molar-refractivity contribution in [3.05, 3.63) is 42.5 Å². The van der Waals surface area contributed by atoms with Crippen LogP contribution in [0.3, 0.4) is 0 Å². The Morgan fingerprint density at radius 1 is 1.19 bits per heavy atom. The van der Waals surface area contributed by atoms with Gasteiger partial charge in [-0.15, -0.1) is 0 Å². The number of ether oxygens (including phenoxy) is 1. The molecule has 6 nitrogen and oxygen atoms in total. The van der Waals surface area contributed by atoms with E-state index in [0.717, 1.165) is 10.8 Å². The Bertz CT molecular complexity index is 657. The second-order valence-corrected chi connectivity index (χ2v) is 4.60. The highest BCUT2D eigenvalue weighted by Gasteiger charge is 2.14. The topological polar surface area (TPSA) is 93.4 Å². The standard InChI is InChI=1S/C15H17N3O3/c1-10(15(20)18-16)17-14(19)9-21-13-7-6-11-4-2-3-5-12(11)8-13/h2-8,10H,9,16H2,1H3,(H,17,19)(H,18,20)/t10-/m0/s1. The van der Waals surface area contributed by atoms with Gasteiger partial charge in [-0.25, -0.2) is 5.84 Å². The molecule has 2 amide bonds. The van der Waals surface area contributed by atoms with E-state index in [0.29, 0.717) is 5.75 Å². The van der Waals surface area contributed by atoms with Gasteiger partial charge < -0.3 is 10.1 Å². The molecule has 0 spiro atoms. The van der Waals surface area contributed by atoms with Gasteiger partial charge in [-0.3, -0.25) is 15.0 Å². The minimum absolute atomic E-state index is 0.166. The predicted octanol–water partition coefficient (Wildman–Crippen LogP) is 0.713. The molecule has 0 saturated carbocycles. The van der Waals surface area contributed by atoms with Gasteiger partial charge in [0, 0.05) is 0 Å². The summed E-state index contributed by atoms with van der Waals surface area (Å²) in [6, 6.07) is 12.7. The van der Waals surface area contributed by atoms with Gasteiger partial charge in [0.1, 0.15) is 11.8 Å². The zero-order chi connectivity index (χ0) is 15.2. The number of carbonyl (C=O) groups excluding carboxylic acids is 2. The maximum atomic E-state index is 11.7. The first kappa shape index (κ1) is 14.8. The number of rotatable bonds is 5. The molecule has 0 fully saturated rings. The van der Waals surface area contributed by atoms with Crippen molar-refractivity contribution in [1.29, 1.82) is 0 Å². The molecule has 0 radical (unpaired) electrons. The molecule has 0 aliphatic heterocycles. The van der Waals surface area contributed by atoms with Crippen LogP contribution in [0.1, 0.15) is 6.92 Å². The maximum Gasteiger partial charge on any atom is 0.258 e. The lowest BCUT2D eigenvalue weighted by molar-refractivity contribution is -0.129. The van der Waals surface area contributed by atoms with E-state index in [1.54, 1.807) is 6.07 Å². The molecule has 2 aromatic rings. The Kier molecular flexibility index (Phi) is 4.73. The van der Waals surface area contributed by atoms with Crippen LogP contribution < -0.4 is 21.3 Å². The lowest BCUT2D eigenvalue weighted by Crippen LogP contribution is -2.48. The van der Waals surface area contributed by atoms with Crippen LogP contribution >= 0.6 is 0 Å². The number of amides is 2. The summed E-state index contributed by atoms with van der Waals surface area (Å²) in [5.41, 5.74) is 1.97. The van der Waals surface area contributed by atoms with Crippen LogP contribution in [0.2, 0.25) is 0 Å². The number of nitrogens with two attached hydrogens (primary N) is 1. The molecule has 4 N–H and O–H groups in total. The summed E-state index contributed by atoms with van der Waals surface area (Å²) >= 11 is 0. The predicted molar refractivity (Wildman–Crippen MR) is 79.4 cm³/mol. The van der Waals surface area contributed by atoms with E-state index >= 15 is 0 Å². The van der Waals surface area contributed by atoms with Crippen molar-refractivity contribution in [2.45, 2.75) is 13.0 Å². The minimum Gasteiger partial charge on any atom is -0.484 e. The largest absolute Gasteiger partial charge is 0.484 e. The highest BCUT2D eigenvalue weighted by molar-refractivity contribution is 5.87. The van der Waals surface area contributed by atoms with E-state index in [9.17, 15) is 9.59 Å². The Balaban J connectivity index is 1.92. The zero-order valence-electron chi connectivity index (χ0n) is 11.6. The lowest BCUT2D eigenvalue weighted by atomic mass is 10.1. The van der Waals surface area contributed by atoms with Crippen molar-refractivity contribution < 1.29 is 14.3 Å². The van der Waals surface area contributed by atoms with Crippen LogP contribution in [-0.2, 0) is 9.59 Å². The molecule has 110 valence electrons. The maximum absolute atomic E-state index is 11.7. The van der Waals surface area contributed by atoms with Gasteiger partial charge in [0.2, 0.25) is 0 Å². The van der Waals surface area contributed by atoms with Gasteiger partial charge >= 0.3 is 0 Å². The summed E-state index contributed by atoms with van der Waals surface area (Å²) in [7, 11) is 0. The summed E-state index contributed by atoms with van der Waals surface area (Å²) in [6.07, 6.45) is 0. The molecule has 0 aliphatic carbocycles. The van der Waals surface area contributed by atoms with E-state index in [-0.39, 0.29) is 12.5 Å². The molecule has 0 bridgehead atoms. The molecule has 2 rings (SSSR count). The van der Waals surface area contributed by atoms with Crippen LogP contribution in [0.15, 0.2) is 42.5 Å². The molecule has 0 saturated heterocycles. The van der Waals surface area contributed by atoms with E-state index in [2.05, 4.69) is 5.32 Å². The molecule has 1 atom stereocenters. The average molecular weight is 287 g/mol. The number of hydrazine groups is 1. The summed E-state index contributed by atoms with van der Waals surface area (Å²) in [5, 5.41) is 4.62. The molecular weight excluding hydrogens is 270 g/mol. The molecule has 0 heterocycles. The van der Waals surface area contributed by atoms with E-state index in [4.69, 9.17) is 10.6 Å². The van der Waals surface area contributed by atoms with E-state index in [1.165, 1.54) is 6.92 Å². The first-order chi connectivity index (χ1) is 10.1. The van der Waals surface area contributed by atoms with Crippen LogP contribution in [0.5, 0.6) is 5.75 Å². The monoisotopic (exact) mass is 287 g/mol. The quantitative estimate of drug-likeness (QED) is 0.429. The normalized spacial score (nSPS) is 11.7. The van der Waals surface area contributed by atoms with Crippen molar-refractivity contribution in [2.75, 3.05) is 6.61 Å². The average Bonchev–Trinajstić information content (AvgIpc) is 2.51. The Hall–Kier alpha value is -2.60. The van der Waals surface area contributed by atoms with Crippen molar-refractivity contribution in [3.8, 4) is 5.75 Å². The second-order valence-electron chi connectivity index (χ2n) is 4.60. The van der Waals surface area contributed by atoms with Crippen molar-refractivity contribution in [1.82, 2.24) is 10.7 Å². The number of fused-ring (bicyclic) bond motifs is 1. The fourth-order valence-corrected chi connectivity index (χ4v) is 1.88. The van der Waals surface area contributed by atoms with Crippen molar-refractivity contribution in [2.24, 2.45) is 5.84 Å². The number of hydrogen-bond donors (Lipinski definition) is 3. The van der Waals surface area contributed by atoms with Crippen LogP contribution in [0.25, 0.3) is 10.8 Å². The highest BCUT2D eigenvalue weighted by Crippen LogP contribution is 2.20. The van der Waals surface area contributed by atoms with Crippen LogP contribution in [0.4, 0.5) is 0 Å². The first-order valence-corrected chi connectivity index (χ1v) is 6.51. The molecule has 0 aliphatic rings. The fourth-order valence-electron chi connectivity index (χ4n) is 1.88. The fraction of sp³-hybridized carbons (Fsp3) is 0.200. The second kappa shape index (κ2) is 6.71. The van der Waals surface area contributed by atoms with Crippen LogP contribution in [0, 0.1) is 0 Å². The van der Waals surface area contributed by atoms with Gasteiger partial charge in [-0.05, 0) is 29.8 Å². The van der Waals surface area contributed by atoms with Gasteiger partial charge in [0.15, 0.2) is 6.61 Å². The van der Waals surface area contributed by atoms with Crippen molar-refractivity contribution >= 4 is 22.6 Å². The SMILES string of the molecule is C[C@H](NC(=O)COc1ccc2ccccc2c1)C(=O)NN. The smallest absolute Gasteiger partial charge is 0.258 e. The first-order valence-electron chi connectivity index (χ1n) is 6.51. The van der Waals surface area contributed by atoms with Crippen molar-refractivity contribution in [3.63, 3.8) is 0 Å². The Morgan fingerprint density at radius 2 is 1.90 bits per heavy atom. The number of nitrogens with one attached hydrogen (secondary N) is 2. The summed E-state index contributed by atoms with van der Waals surface area (Å²) in [6.45, 7) is 1.37. The number of benzene rings is 2. The van der Waals surface area contributed by atoms with Gasteiger partial charge in [0.05, 0.1) is 0 Å². The molecule has 6 heteroatoms. The van der Waals surface area contributed by atoms with E-state index in [1.807, 2.05) is 41.8 Å². The number of carbonyl (C=O) groups is 2. The summed E-state index contributed by atoms with van der Waals surface area (Å²) in [5.74, 6) is 4.73. The molecular formula is C15H17N3O3. The summed E-state index contributed by atoms with van der Waals surface area (Å²) < 4.78 is 5.42. The number of hydrogen-bond acceptors (Lipinski definition) is 4. The molecule has 21 heavy (non-hydrogen) atoms. The van der Waals surface area contributed by atoms with Crippen LogP contribution in [-0.4, -0.2) is 24.5 Å². The molecule has 2 aromatic carbocycles. The van der Waals surface area contributed by atoms with Gasteiger partial charge in [-0.1, -0.05) is 30.3 Å². The third-order valence-electron chi connectivity index (χ3n) is 3.00. The van der Waals surface area contributed by atoms with Gasteiger partial charge in [0.25, 0.3) is 11.8 Å². The lowest BCUT2D eigenvalue weighted by Gasteiger charge is -2.12. The third-order valence-corrected chi connectivity index (χ3v) is 3.00. The minimum atomic E-state index is -0.706. The summed E-state index contributed by atoms with van der Waals surface area (Å²) in [4.78, 5) is 22.8. The zero-order valence-corrected chi connectivity index (χ0v) is 11.6.